The Labute approximate surface area is 180 Å². The highest BCUT2D eigenvalue weighted by Gasteiger charge is 2.18. The molecule has 0 fully saturated rings. The van der Waals surface area contributed by atoms with E-state index in [1.54, 1.807) is 0 Å². The minimum Gasteiger partial charge on any atom is -0.488 e. The van der Waals surface area contributed by atoms with E-state index < -0.39 is 0 Å². The number of hydrogen-bond donors (Lipinski definition) is 1. The van der Waals surface area contributed by atoms with Crippen molar-refractivity contribution in [3.63, 3.8) is 0 Å². The lowest BCUT2D eigenvalue weighted by atomic mass is 9.98. The Morgan fingerprint density at radius 1 is 1.06 bits per heavy atom. The molecule has 0 amide bonds. The van der Waals surface area contributed by atoms with Crippen LogP contribution in [-0.2, 0) is 30.8 Å². The van der Waals surface area contributed by atoms with Crippen molar-refractivity contribution in [1.82, 2.24) is 25.6 Å². The summed E-state index contributed by atoms with van der Waals surface area (Å²) in [7, 11) is 0. The van der Waals surface area contributed by atoms with Gasteiger partial charge in [-0.25, -0.2) is 0 Å². The summed E-state index contributed by atoms with van der Waals surface area (Å²) in [5.41, 5.74) is 7.42. The number of benzene rings is 2. The molecule has 0 spiro atoms. The monoisotopic (exact) mass is 413 g/mol. The fourth-order valence-corrected chi connectivity index (χ4v) is 3.84. The number of fused-ring (bicyclic) bond motifs is 1. The zero-order chi connectivity index (χ0) is 21.0. The Morgan fingerprint density at radius 2 is 1.90 bits per heavy atom. The second-order valence-electron chi connectivity index (χ2n) is 7.46. The minimum atomic E-state index is 0.507. The number of hydrogen-bond acceptors (Lipinski definition) is 6. The number of rotatable bonds is 6. The van der Waals surface area contributed by atoms with E-state index in [9.17, 15) is 0 Å². The van der Waals surface area contributed by atoms with Gasteiger partial charge in [0.05, 0.1) is 18.9 Å². The normalized spacial score (nSPS) is 13.1. The Morgan fingerprint density at radius 3 is 2.68 bits per heavy atom. The summed E-state index contributed by atoms with van der Waals surface area (Å²) in [6, 6.07) is 18.5. The van der Waals surface area contributed by atoms with Gasteiger partial charge in [0.25, 0.3) is 0 Å². The molecule has 31 heavy (non-hydrogen) atoms. The molecule has 0 atom stereocenters. The Bertz CT molecular complexity index is 1170. The fourth-order valence-electron chi connectivity index (χ4n) is 3.84. The van der Waals surface area contributed by atoms with Crippen molar-refractivity contribution >= 4 is 0 Å². The first kappa shape index (κ1) is 19.4. The fraction of sp³-hybridized carbons (Fsp3) is 0.250. The molecule has 1 aliphatic rings. The molecule has 5 rings (SSSR count). The van der Waals surface area contributed by atoms with Crippen molar-refractivity contribution in [2.24, 2.45) is 0 Å². The molecule has 156 valence electrons. The molecule has 1 N–H and O–H groups in total. The first-order valence-corrected chi connectivity index (χ1v) is 10.5. The molecule has 1 aliphatic heterocycles. The van der Waals surface area contributed by atoms with E-state index in [1.165, 1.54) is 5.56 Å². The van der Waals surface area contributed by atoms with Crippen LogP contribution < -0.4 is 4.74 Å². The van der Waals surface area contributed by atoms with Crippen LogP contribution in [-0.4, -0.2) is 32.2 Å². The maximum atomic E-state index is 6.23. The van der Waals surface area contributed by atoms with Crippen LogP contribution in [0.4, 0.5) is 0 Å². The molecule has 7 nitrogen and oxygen atoms in total. The quantitative estimate of drug-likeness (QED) is 0.511. The van der Waals surface area contributed by atoms with E-state index >= 15 is 0 Å². The number of tetrazole rings is 1. The molecule has 0 radical (unpaired) electrons. The van der Waals surface area contributed by atoms with Crippen molar-refractivity contribution < 1.29 is 9.47 Å². The van der Waals surface area contributed by atoms with Crippen LogP contribution >= 0.6 is 0 Å². The zero-order valence-electron chi connectivity index (χ0n) is 17.3. The van der Waals surface area contributed by atoms with Gasteiger partial charge < -0.3 is 9.47 Å². The third kappa shape index (κ3) is 4.04. The summed E-state index contributed by atoms with van der Waals surface area (Å²) in [4.78, 5) is 4.70. The van der Waals surface area contributed by atoms with Gasteiger partial charge in [-0.05, 0) is 28.3 Å². The molecule has 3 heterocycles. The zero-order valence-corrected chi connectivity index (χ0v) is 17.3. The average molecular weight is 413 g/mol. The smallest absolute Gasteiger partial charge is 0.205 e. The predicted octanol–water partition coefficient (Wildman–Crippen LogP) is 4.14. The maximum Gasteiger partial charge on any atom is 0.205 e. The van der Waals surface area contributed by atoms with Gasteiger partial charge >= 0.3 is 0 Å². The summed E-state index contributed by atoms with van der Waals surface area (Å²) in [6.45, 7) is 3.89. The average Bonchev–Trinajstić information content (AvgIpc) is 3.37. The number of nitrogens with zero attached hydrogens (tertiary/aromatic N) is 4. The molecular weight excluding hydrogens is 390 g/mol. The number of H-pyrrole nitrogens is 1. The molecule has 7 heteroatoms. The number of aryl methyl sites for hydroxylation is 1. The third-order valence-corrected chi connectivity index (χ3v) is 5.49. The topological polar surface area (TPSA) is 85.8 Å². The van der Waals surface area contributed by atoms with Crippen molar-refractivity contribution in [3.05, 3.63) is 77.1 Å². The number of aromatic nitrogens is 5. The Hall–Kier alpha value is -3.58. The molecule has 0 unspecified atom stereocenters. The number of aromatic amines is 1. The van der Waals surface area contributed by atoms with E-state index in [1.807, 2.05) is 18.2 Å². The minimum absolute atomic E-state index is 0.507. The first-order chi connectivity index (χ1) is 15.3. The SMILES string of the molecule is CCc1cc(OCc2ccc(-c3ccccc3-c3nn[nH]n3)cc2)c2c(n1)COCC2. The summed E-state index contributed by atoms with van der Waals surface area (Å²) in [6.07, 6.45) is 1.71. The van der Waals surface area contributed by atoms with Crippen molar-refractivity contribution in [1.29, 1.82) is 0 Å². The van der Waals surface area contributed by atoms with Crippen molar-refractivity contribution in [3.8, 4) is 28.3 Å². The standard InChI is InChI=1S/C24H23N5O2/c1-2-18-13-23(21-11-12-30-15-22(21)25-18)31-14-16-7-9-17(10-8-16)19-5-3-4-6-20(19)24-26-28-29-27-24/h3-10,13H,2,11-12,14-15H2,1H3,(H,26,27,28,29). The van der Waals surface area contributed by atoms with Crippen LogP contribution in [0.1, 0.15) is 29.4 Å². The summed E-state index contributed by atoms with van der Waals surface area (Å²) in [5, 5.41) is 14.4. The molecule has 4 aromatic rings. The molecule has 2 aromatic heterocycles. The summed E-state index contributed by atoms with van der Waals surface area (Å²) >= 11 is 0. The van der Waals surface area contributed by atoms with E-state index in [-0.39, 0.29) is 0 Å². The number of nitrogens with one attached hydrogen (secondary N) is 1. The van der Waals surface area contributed by atoms with Gasteiger partial charge in [-0.15, -0.1) is 10.2 Å². The molecular formula is C24H23N5O2. The lowest BCUT2D eigenvalue weighted by Gasteiger charge is -2.20. The van der Waals surface area contributed by atoms with Crippen LogP contribution in [0.25, 0.3) is 22.5 Å². The highest BCUT2D eigenvalue weighted by atomic mass is 16.5. The van der Waals surface area contributed by atoms with Crippen LogP contribution in [0.3, 0.4) is 0 Å². The molecule has 2 aromatic carbocycles. The second-order valence-corrected chi connectivity index (χ2v) is 7.46. The van der Waals surface area contributed by atoms with Gasteiger partial charge in [0.15, 0.2) is 0 Å². The van der Waals surface area contributed by atoms with Gasteiger partial charge in [0, 0.05) is 29.3 Å². The largest absolute Gasteiger partial charge is 0.488 e. The van der Waals surface area contributed by atoms with Crippen LogP contribution in [0, 0.1) is 0 Å². The lowest BCUT2D eigenvalue weighted by Crippen LogP contribution is -2.15. The first-order valence-electron chi connectivity index (χ1n) is 10.5. The number of ether oxygens (including phenoxy) is 2. The van der Waals surface area contributed by atoms with Crippen LogP contribution in [0.5, 0.6) is 5.75 Å². The van der Waals surface area contributed by atoms with E-state index in [0.29, 0.717) is 25.6 Å². The number of pyridine rings is 1. The summed E-state index contributed by atoms with van der Waals surface area (Å²) in [5.74, 6) is 1.51. The van der Waals surface area contributed by atoms with E-state index in [2.05, 4.69) is 63.9 Å². The van der Waals surface area contributed by atoms with Crippen LogP contribution in [0.15, 0.2) is 54.6 Å². The van der Waals surface area contributed by atoms with Gasteiger partial charge in [-0.2, -0.15) is 5.21 Å². The molecule has 0 saturated heterocycles. The summed E-state index contributed by atoms with van der Waals surface area (Å²) < 4.78 is 11.8. The van der Waals surface area contributed by atoms with Gasteiger partial charge in [0.2, 0.25) is 5.82 Å². The van der Waals surface area contributed by atoms with Crippen LogP contribution in [0.2, 0.25) is 0 Å². The predicted molar refractivity (Wildman–Crippen MR) is 116 cm³/mol. The van der Waals surface area contributed by atoms with Crippen molar-refractivity contribution in [2.45, 2.75) is 33.0 Å². The Kier molecular flexibility index (Phi) is 5.41. The molecule has 0 aliphatic carbocycles. The van der Waals surface area contributed by atoms with E-state index in [4.69, 9.17) is 14.5 Å². The van der Waals surface area contributed by atoms with Crippen molar-refractivity contribution in [2.75, 3.05) is 6.61 Å². The van der Waals surface area contributed by atoms with Gasteiger partial charge in [-0.1, -0.05) is 55.5 Å². The Balaban J connectivity index is 1.36. The highest BCUT2D eigenvalue weighted by Crippen LogP contribution is 2.31. The molecule has 0 bridgehead atoms. The van der Waals surface area contributed by atoms with E-state index in [0.717, 1.165) is 52.2 Å². The van der Waals surface area contributed by atoms with Gasteiger partial charge in [-0.3, -0.25) is 4.98 Å². The molecule has 0 saturated carbocycles. The maximum absolute atomic E-state index is 6.23. The lowest BCUT2D eigenvalue weighted by molar-refractivity contribution is 0.105. The highest BCUT2D eigenvalue weighted by molar-refractivity contribution is 5.80. The van der Waals surface area contributed by atoms with Gasteiger partial charge in [0.1, 0.15) is 12.4 Å². The second kappa shape index (κ2) is 8.65. The third-order valence-electron chi connectivity index (χ3n) is 5.49.